The standard InChI is InChI=1S/C22H26N4O7S/c1-3-24(22(28)16-12-19(26(29)30)14-20(13-16)34(2,31)32)15-21(27)23-17-4-6-18(7-5-17)25-8-10-33-11-9-25/h4-7,12-14H,3,8-11,15H2,1-2H3,(H,23,27). The van der Waals surface area contributed by atoms with Gasteiger partial charge < -0.3 is 19.9 Å². The lowest BCUT2D eigenvalue weighted by molar-refractivity contribution is -0.385. The number of nitro groups is 1. The molecule has 1 fully saturated rings. The van der Waals surface area contributed by atoms with Crippen LogP contribution in [0.15, 0.2) is 47.4 Å². The third kappa shape index (κ3) is 6.29. The zero-order chi connectivity index (χ0) is 24.9. The quantitative estimate of drug-likeness (QED) is 0.437. The molecule has 12 heteroatoms. The van der Waals surface area contributed by atoms with E-state index in [-0.39, 0.29) is 23.5 Å². The number of amides is 2. The van der Waals surface area contributed by atoms with Gasteiger partial charge in [0.1, 0.15) is 6.54 Å². The van der Waals surface area contributed by atoms with Gasteiger partial charge in [0.05, 0.1) is 23.0 Å². The van der Waals surface area contributed by atoms with Crippen LogP contribution in [0.3, 0.4) is 0 Å². The smallest absolute Gasteiger partial charge is 0.271 e. The lowest BCUT2D eigenvalue weighted by atomic mass is 10.1. The minimum Gasteiger partial charge on any atom is -0.378 e. The summed E-state index contributed by atoms with van der Waals surface area (Å²) < 4.78 is 29.2. The third-order valence-corrected chi connectivity index (χ3v) is 6.40. The van der Waals surface area contributed by atoms with Crippen molar-refractivity contribution in [2.24, 2.45) is 0 Å². The van der Waals surface area contributed by atoms with Gasteiger partial charge in [0.15, 0.2) is 9.84 Å². The zero-order valence-corrected chi connectivity index (χ0v) is 19.7. The van der Waals surface area contributed by atoms with Crippen molar-refractivity contribution in [3.8, 4) is 0 Å². The SMILES string of the molecule is CCN(CC(=O)Nc1ccc(N2CCOCC2)cc1)C(=O)c1cc([N+](=O)[O-])cc(S(C)(=O)=O)c1. The largest absolute Gasteiger partial charge is 0.378 e. The van der Waals surface area contributed by atoms with Crippen LogP contribution in [0.4, 0.5) is 17.1 Å². The van der Waals surface area contributed by atoms with E-state index in [4.69, 9.17) is 4.74 Å². The minimum atomic E-state index is -3.79. The maximum absolute atomic E-state index is 13.0. The average molecular weight is 491 g/mol. The Morgan fingerprint density at radius 3 is 2.35 bits per heavy atom. The van der Waals surface area contributed by atoms with Gasteiger partial charge in [-0.1, -0.05) is 0 Å². The number of benzene rings is 2. The van der Waals surface area contributed by atoms with E-state index in [1.807, 2.05) is 12.1 Å². The number of nitro benzene ring substituents is 1. The summed E-state index contributed by atoms with van der Waals surface area (Å²) >= 11 is 0. The van der Waals surface area contributed by atoms with Crippen molar-refractivity contribution in [1.29, 1.82) is 0 Å². The number of rotatable bonds is 8. The monoisotopic (exact) mass is 490 g/mol. The first-order valence-corrected chi connectivity index (χ1v) is 12.5. The lowest BCUT2D eigenvalue weighted by Gasteiger charge is -2.29. The highest BCUT2D eigenvalue weighted by Gasteiger charge is 2.23. The zero-order valence-electron chi connectivity index (χ0n) is 18.9. The number of morpholine rings is 1. The van der Waals surface area contributed by atoms with Gasteiger partial charge in [-0.3, -0.25) is 19.7 Å². The number of hydrogen-bond acceptors (Lipinski definition) is 8. The normalized spacial score (nSPS) is 13.9. The molecular formula is C22H26N4O7S. The Balaban J connectivity index is 1.70. The molecule has 34 heavy (non-hydrogen) atoms. The van der Waals surface area contributed by atoms with E-state index in [1.54, 1.807) is 19.1 Å². The Morgan fingerprint density at radius 2 is 1.79 bits per heavy atom. The maximum atomic E-state index is 13.0. The van der Waals surface area contributed by atoms with Crippen molar-refractivity contribution in [1.82, 2.24) is 4.90 Å². The van der Waals surface area contributed by atoms with Gasteiger partial charge in [0.25, 0.3) is 11.6 Å². The predicted molar refractivity (Wildman–Crippen MR) is 126 cm³/mol. The molecule has 1 aliphatic rings. The molecule has 182 valence electrons. The maximum Gasteiger partial charge on any atom is 0.271 e. The Morgan fingerprint density at radius 1 is 1.15 bits per heavy atom. The van der Waals surface area contributed by atoms with Crippen molar-refractivity contribution < 1.29 is 27.7 Å². The number of nitrogens with one attached hydrogen (secondary N) is 1. The molecule has 0 saturated carbocycles. The van der Waals surface area contributed by atoms with E-state index < -0.39 is 32.3 Å². The van der Waals surface area contributed by atoms with Gasteiger partial charge in [-0.15, -0.1) is 0 Å². The molecule has 2 aromatic rings. The number of hydrogen-bond donors (Lipinski definition) is 1. The number of sulfone groups is 1. The van der Waals surface area contributed by atoms with Crippen molar-refractivity contribution in [3.63, 3.8) is 0 Å². The molecule has 0 aliphatic carbocycles. The van der Waals surface area contributed by atoms with Gasteiger partial charge >= 0.3 is 0 Å². The second-order valence-electron chi connectivity index (χ2n) is 7.76. The second-order valence-corrected chi connectivity index (χ2v) is 9.77. The van der Waals surface area contributed by atoms with E-state index >= 15 is 0 Å². The molecule has 1 aliphatic heterocycles. The summed E-state index contributed by atoms with van der Waals surface area (Å²) in [7, 11) is -3.79. The number of carbonyl (C=O) groups excluding carboxylic acids is 2. The fourth-order valence-electron chi connectivity index (χ4n) is 3.49. The Labute approximate surface area is 197 Å². The molecule has 0 bridgehead atoms. The first-order chi connectivity index (χ1) is 16.1. The second kappa shape index (κ2) is 10.6. The van der Waals surface area contributed by atoms with Crippen LogP contribution in [0.2, 0.25) is 0 Å². The van der Waals surface area contributed by atoms with Crippen molar-refractivity contribution in [2.75, 3.05) is 55.9 Å². The van der Waals surface area contributed by atoms with Crippen LogP contribution in [0, 0.1) is 10.1 Å². The molecule has 1 heterocycles. The van der Waals surface area contributed by atoms with Crippen LogP contribution in [0.25, 0.3) is 0 Å². The van der Waals surface area contributed by atoms with Crippen molar-refractivity contribution in [3.05, 3.63) is 58.1 Å². The number of likely N-dealkylation sites (N-methyl/N-ethyl adjacent to an activating group) is 1. The van der Waals surface area contributed by atoms with Gasteiger partial charge in [-0.2, -0.15) is 0 Å². The van der Waals surface area contributed by atoms with E-state index in [9.17, 15) is 28.1 Å². The van der Waals surface area contributed by atoms with Crippen LogP contribution in [-0.2, 0) is 19.4 Å². The van der Waals surface area contributed by atoms with Crippen LogP contribution < -0.4 is 10.2 Å². The van der Waals surface area contributed by atoms with E-state index in [0.29, 0.717) is 18.9 Å². The molecule has 2 aromatic carbocycles. The number of anilines is 2. The Bertz CT molecular complexity index is 1180. The minimum absolute atomic E-state index is 0.138. The molecule has 2 amide bonds. The summed E-state index contributed by atoms with van der Waals surface area (Å²) in [5, 5.41) is 13.9. The van der Waals surface area contributed by atoms with Gasteiger partial charge in [0, 0.05) is 55.0 Å². The molecule has 1 saturated heterocycles. The van der Waals surface area contributed by atoms with Crippen molar-refractivity contribution in [2.45, 2.75) is 11.8 Å². The summed E-state index contributed by atoms with van der Waals surface area (Å²) in [4.78, 5) is 39.0. The van der Waals surface area contributed by atoms with Gasteiger partial charge in [0.2, 0.25) is 5.91 Å². The average Bonchev–Trinajstić information content (AvgIpc) is 2.82. The van der Waals surface area contributed by atoms with Crippen LogP contribution in [0.1, 0.15) is 17.3 Å². The first kappa shape index (κ1) is 25.1. The topological polar surface area (TPSA) is 139 Å². The summed E-state index contributed by atoms with van der Waals surface area (Å²) in [5.41, 5.74) is 0.866. The summed E-state index contributed by atoms with van der Waals surface area (Å²) in [6, 6.07) is 10.3. The number of nitrogens with zero attached hydrogens (tertiary/aromatic N) is 3. The van der Waals surface area contributed by atoms with E-state index in [1.165, 1.54) is 4.90 Å². The summed E-state index contributed by atoms with van der Waals surface area (Å²) in [6.07, 6.45) is 0.898. The highest BCUT2D eigenvalue weighted by molar-refractivity contribution is 7.90. The van der Waals surface area contributed by atoms with Crippen LogP contribution >= 0.6 is 0 Å². The highest BCUT2D eigenvalue weighted by Crippen LogP contribution is 2.22. The molecule has 11 nitrogen and oxygen atoms in total. The Hall–Kier alpha value is -3.51. The van der Waals surface area contributed by atoms with Crippen molar-refractivity contribution >= 4 is 38.7 Å². The fraction of sp³-hybridized carbons (Fsp3) is 0.364. The fourth-order valence-corrected chi connectivity index (χ4v) is 4.16. The number of ether oxygens (including phenoxy) is 1. The molecule has 0 unspecified atom stereocenters. The highest BCUT2D eigenvalue weighted by atomic mass is 32.2. The Kier molecular flexibility index (Phi) is 7.84. The predicted octanol–water partition coefficient (Wildman–Crippen LogP) is 1.94. The van der Waals surface area contributed by atoms with Gasteiger partial charge in [-0.05, 0) is 37.3 Å². The number of non-ortho nitro benzene ring substituents is 1. The van der Waals surface area contributed by atoms with Gasteiger partial charge in [-0.25, -0.2) is 8.42 Å². The summed E-state index contributed by atoms with van der Waals surface area (Å²) in [5.74, 6) is -1.14. The molecule has 1 N–H and O–H groups in total. The number of carbonyl (C=O) groups is 2. The molecule has 0 radical (unpaired) electrons. The molecule has 0 aromatic heterocycles. The molecular weight excluding hydrogens is 464 g/mol. The van der Waals surface area contributed by atoms with E-state index in [0.717, 1.165) is 43.2 Å². The third-order valence-electron chi connectivity index (χ3n) is 5.31. The lowest BCUT2D eigenvalue weighted by Crippen LogP contribution is -2.38. The van der Waals surface area contributed by atoms with E-state index in [2.05, 4.69) is 10.2 Å². The van der Waals surface area contributed by atoms with Crippen LogP contribution in [-0.4, -0.2) is 75.7 Å². The first-order valence-electron chi connectivity index (χ1n) is 10.6. The molecule has 3 rings (SSSR count). The summed E-state index contributed by atoms with van der Waals surface area (Å²) in [6.45, 7) is 4.38. The van der Waals surface area contributed by atoms with Crippen LogP contribution in [0.5, 0.6) is 0 Å². The molecule has 0 atom stereocenters. The molecule has 0 spiro atoms.